The molecule has 2 aliphatic rings. The van der Waals surface area contributed by atoms with Crippen LogP contribution in [0.5, 0.6) is 5.88 Å². The third kappa shape index (κ3) is 3.63. The van der Waals surface area contributed by atoms with Crippen molar-refractivity contribution in [3.63, 3.8) is 0 Å². The molecule has 0 saturated heterocycles. The Bertz CT molecular complexity index is 1220. The SMILES string of the molecule is CC1CCn2ncc(Nc3nccc(-c4cc(C#N)c5c(c4)C[C@@](C)(CO)CN5)n3)c2O1. The van der Waals surface area contributed by atoms with Gasteiger partial charge in [0, 0.05) is 36.7 Å². The Morgan fingerprint density at radius 3 is 3.12 bits per heavy atom. The number of hydrogen-bond acceptors (Lipinski definition) is 8. The van der Waals surface area contributed by atoms with E-state index in [2.05, 4.69) is 31.8 Å². The number of benzene rings is 1. The quantitative estimate of drug-likeness (QED) is 0.576. The predicted octanol–water partition coefficient (Wildman–Crippen LogP) is 3.09. The summed E-state index contributed by atoms with van der Waals surface area (Å²) in [5, 5.41) is 30.4. The molecule has 2 aliphatic heterocycles. The van der Waals surface area contributed by atoms with Crippen LogP contribution in [0.2, 0.25) is 0 Å². The lowest BCUT2D eigenvalue weighted by Gasteiger charge is -2.34. The summed E-state index contributed by atoms with van der Waals surface area (Å²) >= 11 is 0. The number of anilines is 3. The van der Waals surface area contributed by atoms with Crippen LogP contribution >= 0.6 is 0 Å². The Balaban J connectivity index is 1.47. The highest BCUT2D eigenvalue weighted by Gasteiger charge is 2.31. The summed E-state index contributed by atoms with van der Waals surface area (Å²) in [5.74, 6) is 1.11. The van der Waals surface area contributed by atoms with Crippen LogP contribution < -0.4 is 15.4 Å². The number of aryl methyl sites for hydroxylation is 1. The van der Waals surface area contributed by atoms with Crippen molar-refractivity contribution in [2.45, 2.75) is 39.3 Å². The van der Waals surface area contributed by atoms with Crippen LogP contribution in [0.1, 0.15) is 31.4 Å². The van der Waals surface area contributed by atoms with Gasteiger partial charge in [0.2, 0.25) is 11.8 Å². The van der Waals surface area contributed by atoms with Crippen LogP contribution in [0, 0.1) is 16.7 Å². The molecule has 9 nitrogen and oxygen atoms in total. The standard InChI is InChI=1S/C23H25N7O2/c1-14-4-6-30-21(32-14)19(11-27-30)29-22-25-5-3-18(28-22)15-7-16-9-23(2,13-31)12-26-20(16)17(8-15)10-24/h3,5,7-8,11,14,26,31H,4,6,9,12-13H2,1-2H3,(H,25,28,29)/t14?,23-/m1/s1. The molecule has 3 aromatic rings. The van der Waals surface area contributed by atoms with E-state index in [-0.39, 0.29) is 18.1 Å². The fourth-order valence-electron chi connectivity index (χ4n) is 4.22. The minimum atomic E-state index is -0.268. The highest BCUT2D eigenvalue weighted by Crippen LogP contribution is 2.37. The van der Waals surface area contributed by atoms with Gasteiger partial charge in [0.05, 0.1) is 35.9 Å². The molecule has 0 fully saturated rings. The van der Waals surface area contributed by atoms with Gasteiger partial charge in [-0.3, -0.25) is 0 Å². The molecule has 0 radical (unpaired) electrons. The maximum atomic E-state index is 9.80. The van der Waals surface area contributed by atoms with Gasteiger partial charge in [0.1, 0.15) is 11.8 Å². The Kier molecular flexibility index (Phi) is 4.94. The van der Waals surface area contributed by atoms with E-state index in [9.17, 15) is 10.4 Å². The third-order valence-electron chi connectivity index (χ3n) is 6.08. The summed E-state index contributed by atoms with van der Waals surface area (Å²) in [7, 11) is 0. The van der Waals surface area contributed by atoms with E-state index in [1.165, 1.54) is 0 Å². The molecule has 5 rings (SSSR count). The largest absolute Gasteiger partial charge is 0.473 e. The van der Waals surface area contributed by atoms with E-state index in [1.54, 1.807) is 12.4 Å². The highest BCUT2D eigenvalue weighted by molar-refractivity contribution is 5.74. The number of rotatable bonds is 4. The van der Waals surface area contributed by atoms with Crippen molar-refractivity contribution in [2.24, 2.45) is 5.41 Å². The van der Waals surface area contributed by atoms with Crippen molar-refractivity contribution >= 4 is 17.3 Å². The van der Waals surface area contributed by atoms with E-state index in [4.69, 9.17) is 4.74 Å². The number of aliphatic hydroxyl groups excluding tert-OH is 1. The van der Waals surface area contributed by atoms with Gasteiger partial charge in [0.25, 0.3) is 0 Å². The fraction of sp³-hybridized carbons (Fsp3) is 0.391. The van der Waals surface area contributed by atoms with Gasteiger partial charge in [-0.05, 0) is 37.1 Å². The normalized spacial score (nSPS) is 21.5. The third-order valence-corrected chi connectivity index (χ3v) is 6.08. The second-order valence-corrected chi connectivity index (χ2v) is 8.86. The number of nitrogens with one attached hydrogen (secondary N) is 2. The topological polar surface area (TPSA) is 121 Å². The smallest absolute Gasteiger partial charge is 0.236 e. The second-order valence-electron chi connectivity index (χ2n) is 8.86. The average molecular weight is 432 g/mol. The summed E-state index contributed by atoms with van der Waals surface area (Å²) in [4.78, 5) is 9.02. The van der Waals surface area contributed by atoms with Crippen molar-refractivity contribution < 1.29 is 9.84 Å². The molecule has 32 heavy (non-hydrogen) atoms. The zero-order valence-electron chi connectivity index (χ0n) is 18.1. The van der Waals surface area contributed by atoms with Crippen LogP contribution in [0.15, 0.2) is 30.6 Å². The maximum absolute atomic E-state index is 9.80. The molecule has 0 bridgehead atoms. The Morgan fingerprint density at radius 2 is 2.31 bits per heavy atom. The maximum Gasteiger partial charge on any atom is 0.236 e. The number of nitrogens with zero attached hydrogens (tertiary/aromatic N) is 5. The first-order valence-corrected chi connectivity index (χ1v) is 10.7. The first-order chi connectivity index (χ1) is 15.5. The van der Waals surface area contributed by atoms with Crippen LogP contribution in [0.25, 0.3) is 11.3 Å². The predicted molar refractivity (Wildman–Crippen MR) is 120 cm³/mol. The molecular weight excluding hydrogens is 406 g/mol. The van der Waals surface area contributed by atoms with Gasteiger partial charge in [-0.15, -0.1) is 0 Å². The number of fused-ring (bicyclic) bond motifs is 2. The lowest BCUT2D eigenvalue weighted by Crippen LogP contribution is -2.37. The van der Waals surface area contributed by atoms with E-state index in [1.807, 2.05) is 36.7 Å². The van der Waals surface area contributed by atoms with Crippen molar-refractivity contribution in [3.05, 3.63) is 41.7 Å². The van der Waals surface area contributed by atoms with Gasteiger partial charge in [-0.2, -0.15) is 10.4 Å². The molecular formula is C23H25N7O2. The molecule has 0 amide bonds. The van der Waals surface area contributed by atoms with Crippen LogP contribution in [0.3, 0.4) is 0 Å². The molecule has 1 unspecified atom stereocenters. The lowest BCUT2D eigenvalue weighted by molar-refractivity contribution is 0.150. The van der Waals surface area contributed by atoms with Crippen LogP contribution in [0.4, 0.5) is 17.3 Å². The molecule has 1 aromatic carbocycles. The van der Waals surface area contributed by atoms with E-state index >= 15 is 0 Å². The number of aliphatic hydroxyl groups is 1. The molecule has 9 heteroatoms. The summed E-state index contributed by atoms with van der Waals surface area (Å²) in [6, 6.07) is 7.99. The number of hydrogen-bond donors (Lipinski definition) is 3. The molecule has 2 aromatic heterocycles. The molecule has 0 saturated carbocycles. The number of nitriles is 1. The second kappa shape index (κ2) is 7.80. The summed E-state index contributed by atoms with van der Waals surface area (Å²) in [5.41, 5.74) is 4.40. The fourth-order valence-corrected chi connectivity index (χ4v) is 4.22. The van der Waals surface area contributed by atoms with E-state index in [0.29, 0.717) is 36.1 Å². The molecule has 3 N–H and O–H groups in total. The Hall–Kier alpha value is -3.64. The minimum Gasteiger partial charge on any atom is -0.473 e. The van der Waals surface area contributed by atoms with Gasteiger partial charge in [-0.1, -0.05) is 6.92 Å². The Morgan fingerprint density at radius 1 is 1.44 bits per heavy atom. The summed E-state index contributed by atoms with van der Waals surface area (Å²) in [6.45, 7) is 5.58. The molecule has 164 valence electrons. The summed E-state index contributed by atoms with van der Waals surface area (Å²) < 4.78 is 7.76. The molecule has 2 atom stereocenters. The van der Waals surface area contributed by atoms with Crippen molar-refractivity contribution in [1.29, 1.82) is 5.26 Å². The monoisotopic (exact) mass is 431 g/mol. The molecule has 4 heterocycles. The van der Waals surface area contributed by atoms with Crippen molar-refractivity contribution in [1.82, 2.24) is 19.7 Å². The first-order valence-electron chi connectivity index (χ1n) is 10.7. The minimum absolute atomic E-state index is 0.0732. The van der Waals surface area contributed by atoms with Crippen LogP contribution in [-0.4, -0.2) is 44.1 Å². The van der Waals surface area contributed by atoms with Gasteiger partial charge in [0.15, 0.2) is 0 Å². The Labute approximate surface area is 186 Å². The van der Waals surface area contributed by atoms with E-state index < -0.39 is 0 Å². The van der Waals surface area contributed by atoms with Gasteiger partial charge < -0.3 is 20.5 Å². The average Bonchev–Trinajstić information content (AvgIpc) is 3.20. The zero-order chi connectivity index (χ0) is 22.3. The summed E-state index contributed by atoms with van der Waals surface area (Å²) in [6.07, 6.45) is 5.14. The van der Waals surface area contributed by atoms with Gasteiger partial charge >= 0.3 is 0 Å². The van der Waals surface area contributed by atoms with E-state index in [0.717, 1.165) is 35.5 Å². The van der Waals surface area contributed by atoms with Crippen molar-refractivity contribution in [2.75, 3.05) is 23.8 Å². The number of aromatic nitrogens is 4. The first kappa shape index (κ1) is 20.3. The lowest BCUT2D eigenvalue weighted by atomic mass is 9.79. The van der Waals surface area contributed by atoms with Gasteiger partial charge in [-0.25, -0.2) is 14.6 Å². The number of ether oxygens (including phenoxy) is 1. The zero-order valence-corrected chi connectivity index (χ0v) is 18.1. The van der Waals surface area contributed by atoms with Crippen LogP contribution in [-0.2, 0) is 13.0 Å². The molecule has 0 spiro atoms. The molecule has 0 aliphatic carbocycles. The highest BCUT2D eigenvalue weighted by atomic mass is 16.5. The van der Waals surface area contributed by atoms with Crippen molar-refractivity contribution in [3.8, 4) is 23.2 Å².